The summed E-state index contributed by atoms with van der Waals surface area (Å²) < 4.78 is 0. The zero-order valence-corrected chi connectivity index (χ0v) is 31.8. The van der Waals surface area contributed by atoms with E-state index in [0.29, 0.717) is 0 Å². The normalized spacial score (nSPS) is 14.6. The molecule has 2 aliphatic rings. The van der Waals surface area contributed by atoms with Gasteiger partial charge in [-0.05, 0) is 113 Å². The second kappa shape index (κ2) is 12.8. The summed E-state index contributed by atoms with van der Waals surface area (Å²) in [6, 6.07) is 83.2. The fourth-order valence-corrected chi connectivity index (χ4v) is 10.4. The van der Waals surface area contributed by atoms with Crippen LogP contribution in [-0.4, -0.2) is 0 Å². The Bertz CT molecular complexity index is 3230. The third-order valence-corrected chi connectivity index (χ3v) is 12.7. The molecule has 1 atom stereocenters. The summed E-state index contributed by atoms with van der Waals surface area (Å²) in [7, 11) is 0. The van der Waals surface area contributed by atoms with Crippen LogP contribution in [0.3, 0.4) is 0 Å². The fraction of sp³-hybridized carbons (Fsp3) is 0.0175. The van der Waals surface area contributed by atoms with Gasteiger partial charge in [0.05, 0.1) is 11.1 Å². The number of rotatable bonds is 4. The van der Waals surface area contributed by atoms with Crippen LogP contribution in [0.1, 0.15) is 22.3 Å². The third-order valence-electron chi connectivity index (χ3n) is 12.7. The first-order valence-corrected chi connectivity index (χ1v) is 20.2. The highest BCUT2D eigenvalue weighted by molar-refractivity contribution is 6.19. The van der Waals surface area contributed by atoms with Crippen molar-refractivity contribution in [3.8, 4) is 44.5 Å². The SMILES string of the molecule is c1ccc(-c2ccccc2N(c2ccccc2)c2ccc3c(c2)-c2ccccc2-c2ccccc2C32c3ccccc3-c3c2c2ccccc2c2ccccc32)cc1. The van der Waals surface area contributed by atoms with Crippen LogP contribution >= 0.6 is 0 Å². The van der Waals surface area contributed by atoms with E-state index in [1.165, 1.54) is 88.3 Å². The Kier molecular flexibility index (Phi) is 7.21. The topological polar surface area (TPSA) is 3.24 Å². The van der Waals surface area contributed by atoms with E-state index >= 15 is 0 Å². The van der Waals surface area contributed by atoms with Gasteiger partial charge in [-0.15, -0.1) is 0 Å². The molecular weight excluding hydrogens is 699 g/mol. The monoisotopic (exact) mass is 735 g/mol. The van der Waals surface area contributed by atoms with Crippen LogP contribution < -0.4 is 4.90 Å². The summed E-state index contributed by atoms with van der Waals surface area (Å²) in [5, 5.41) is 5.17. The van der Waals surface area contributed by atoms with Gasteiger partial charge in [0.15, 0.2) is 0 Å². The van der Waals surface area contributed by atoms with Gasteiger partial charge in [-0.2, -0.15) is 0 Å². The highest BCUT2D eigenvalue weighted by Crippen LogP contribution is 2.64. The number of anilines is 3. The molecule has 12 rings (SSSR count). The smallest absolute Gasteiger partial charge is 0.0731 e. The Morgan fingerprint density at radius 1 is 0.293 bits per heavy atom. The molecule has 0 fully saturated rings. The zero-order chi connectivity index (χ0) is 38.2. The quantitative estimate of drug-likeness (QED) is 0.163. The molecule has 10 aromatic rings. The van der Waals surface area contributed by atoms with E-state index in [2.05, 4.69) is 229 Å². The first kappa shape index (κ1) is 32.7. The molecule has 0 amide bonds. The summed E-state index contributed by atoms with van der Waals surface area (Å²) in [6.45, 7) is 0. The fourth-order valence-electron chi connectivity index (χ4n) is 10.4. The number of hydrogen-bond donors (Lipinski definition) is 0. The van der Waals surface area contributed by atoms with Gasteiger partial charge in [0, 0.05) is 16.9 Å². The van der Waals surface area contributed by atoms with Gasteiger partial charge in [0.1, 0.15) is 0 Å². The molecule has 1 nitrogen and oxygen atoms in total. The van der Waals surface area contributed by atoms with Gasteiger partial charge in [-0.1, -0.05) is 194 Å². The van der Waals surface area contributed by atoms with Crippen molar-refractivity contribution in [2.75, 3.05) is 4.90 Å². The molecule has 0 bridgehead atoms. The molecule has 0 radical (unpaired) electrons. The maximum Gasteiger partial charge on any atom is 0.0731 e. The second-order valence-corrected chi connectivity index (χ2v) is 15.5. The van der Waals surface area contributed by atoms with Crippen LogP contribution in [0, 0.1) is 0 Å². The Morgan fingerprint density at radius 3 is 1.50 bits per heavy atom. The summed E-state index contributed by atoms with van der Waals surface area (Å²) in [6.07, 6.45) is 0. The van der Waals surface area contributed by atoms with E-state index in [1.54, 1.807) is 0 Å². The molecule has 270 valence electrons. The van der Waals surface area contributed by atoms with E-state index in [9.17, 15) is 0 Å². The number of fused-ring (bicyclic) bond motifs is 17. The van der Waals surface area contributed by atoms with Crippen molar-refractivity contribution < 1.29 is 0 Å². The van der Waals surface area contributed by atoms with E-state index in [0.717, 1.165) is 17.1 Å². The minimum atomic E-state index is -0.613. The van der Waals surface area contributed by atoms with Crippen LogP contribution in [0.15, 0.2) is 224 Å². The molecule has 1 spiro atoms. The van der Waals surface area contributed by atoms with Crippen LogP contribution in [0.2, 0.25) is 0 Å². The van der Waals surface area contributed by atoms with Crippen LogP contribution in [0.5, 0.6) is 0 Å². The van der Waals surface area contributed by atoms with Crippen molar-refractivity contribution >= 4 is 38.6 Å². The average molecular weight is 736 g/mol. The Balaban J connectivity index is 1.24. The minimum Gasteiger partial charge on any atom is -0.310 e. The molecule has 2 aliphatic carbocycles. The molecule has 10 aromatic carbocycles. The molecule has 0 heterocycles. The Labute approximate surface area is 338 Å². The molecule has 1 unspecified atom stereocenters. The van der Waals surface area contributed by atoms with Gasteiger partial charge in [-0.3, -0.25) is 0 Å². The van der Waals surface area contributed by atoms with Crippen molar-refractivity contribution in [1.82, 2.24) is 0 Å². The van der Waals surface area contributed by atoms with Crippen LogP contribution in [-0.2, 0) is 5.41 Å². The molecular formula is C57H37N. The standard InChI is InChI=1S/C57H37N/c1-3-19-38(20-4-1)41-23-15-18-34-54(41)58(39-21-5-2-6-22-39)40-35-36-53-50(37-40)45-27-8-7-24-42(45)46-28-13-16-32-51(46)57(53)52-33-17-14-31-49(52)55-47-29-11-9-25-43(47)44-26-10-12-30-48(44)56(55)57/h1-37H. The Morgan fingerprint density at radius 2 is 0.776 bits per heavy atom. The summed E-state index contributed by atoms with van der Waals surface area (Å²) in [5.74, 6) is 0. The lowest BCUT2D eigenvalue weighted by molar-refractivity contribution is 0.783. The maximum atomic E-state index is 2.47. The molecule has 58 heavy (non-hydrogen) atoms. The largest absolute Gasteiger partial charge is 0.310 e. The molecule has 0 saturated carbocycles. The second-order valence-electron chi connectivity index (χ2n) is 15.5. The van der Waals surface area contributed by atoms with Gasteiger partial charge in [-0.25, -0.2) is 0 Å². The first-order valence-electron chi connectivity index (χ1n) is 20.2. The summed E-state index contributed by atoms with van der Waals surface area (Å²) in [5.41, 5.74) is 18.1. The number of nitrogens with zero attached hydrogens (tertiary/aromatic N) is 1. The van der Waals surface area contributed by atoms with E-state index in [1.807, 2.05) is 0 Å². The molecule has 0 saturated heterocycles. The predicted octanol–water partition coefficient (Wildman–Crippen LogP) is 15.1. The lowest BCUT2D eigenvalue weighted by Crippen LogP contribution is -2.29. The molecule has 0 aromatic heterocycles. The van der Waals surface area contributed by atoms with Gasteiger partial charge in [0.2, 0.25) is 0 Å². The molecule has 1 heteroatoms. The van der Waals surface area contributed by atoms with Crippen molar-refractivity contribution in [2.24, 2.45) is 0 Å². The number of benzene rings is 10. The van der Waals surface area contributed by atoms with Crippen molar-refractivity contribution in [1.29, 1.82) is 0 Å². The van der Waals surface area contributed by atoms with Gasteiger partial charge >= 0.3 is 0 Å². The minimum absolute atomic E-state index is 0.613. The molecule has 0 aliphatic heterocycles. The van der Waals surface area contributed by atoms with E-state index in [-0.39, 0.29) is 0 Å². The maximum absolute atomic E-state index is 2.47. The Hall–Kier alpha value is -7.48. The number of hydrogen-bond acceptors (Lipinski definition) is 1. The zero-order valence-electron chi connectivity index (χ0n) is 31.8. The van der Waals surface area contributed by atoms with E-state index in [4.69, 9.17) is 0 Å². The highest BCUT2D eigenvalue weighted by Gasteiger charge is 2.51. The van der Waals surface area contributed by atoms with Gasteiger partial charge < -0.3 is 4.90 Å². The lowest BCUT2D eigenvalue weighted by Gasteiger charge is -2.37. The third kappa shape index (κ3) is 4.53. The lowest BCUT2D eigenvalue weighted by atomic mass is 9.64. The van der Waals surface area contributed by atoms with Crippen molar-refractivity contribution in [3.63, 3.8) is 0 Å². The van der Waals surface area contributed by atoms with Crippen molar-refractivity contribution in [2.45, 2.75) is 5.41 Å². The van der Waals surface area contributed by atoms with Crippen molar-refractivity contribution in [3.05, 3.63) is 247 Å². The predicted molar refractivity (Wildman–Crippen MR) is 243 cm³/mol. The summed E-state index contributed by atoms with van der Waals surface area (Å²) in [4.78, 5) is 2.44. The van der Waals surface area contributed by atoms with Gasteiger partial charge in [0.25, 0.3) is 0 Å². The van der Waals surface area contributed by atoms with E-state index < -0.39 is 5.41 Å². The average Bonchev–Trinajstić information content (AvgIpc) is 3.56. The summed E-state index contributed by atoms with van der Waals surface area (Å²) >= 11 is 0. The first-order chi connectivity index (χ1) is 28.8. The number of para-hydroxylation sites is 2. The molecule has 0 N–H and O–H groups in total. The van der Waals surface area contributed by atoms with Crippen LogP contribution in [0.4, 0.5) is 17.1 Å². The van der Waals surface area contributed by atoms with Crippen LogP contribution in [0.25, 0.3) is 66.1 Å². The highest BCUT2D eigenvalue weighted by atomic mass is 15.1.